The van der Waals surface area contributed by atoms with Crippen LogP contribution in [0.1, 0.15) is 25.0 Å². The van der Waals surface area contributed by atoms with E-state index in [2.05, 4.69) is 0 Å². The summed E-state index contributed by atoms with van der Waals surface area (Å²) in [6.45, 7) is 3.95. The Balaban J connectivity index is 2.78. The Bertz CT molecular complexity index is 384. The Hall–Kier alpha value is -1.39. The van der Waals surface area contributed by atoms with Crippen LogP contribution in [0, 0.1) is 0 Å². The first-order valence-corrected chi connectivity index (χ1v) is 5.50. The van der Waals surface area contributed by atoms with Gasteiger partial charge in [0.05, 0.1) is 5.60 Å². The van der Waals surface area contributed by atoms with Crippen molar-refractivity contribution in [3.8, 4) is 0 Å². The molecular formula is C13H19NO3. The summed E-state index contributed by atoms with van der Waals surface area (Å²) in [6.07, 6.45) is 0.336. The molecule has 0 saturated heterocycles. The van der Waals surface area contributed by atoms with Crippen LogP contribution < -0.4 is 5.73 Å². The van der Waals surface area contributed by atoms with E-state index >= 15 is 0 Å². The summed E-state index contributed by atoms with van der Waals surface area (Å²) < 4.78 is 5.36. The Kier molecular flexibility index (Phi) is 4.26. The Labute approximate surface area is 101 Å². The van der Waals surface area contributed by atoms with E-state index in [1.165, 1.54) is 0 Å². The first kappa shape index (κ1) is 13.7. The molecule has 1 unspecified atom stereocenters. The standard InChI is InChI=1S/C13H19NO3/c1-13(2,17-3)10-6-4-9(5-7-10)8-11(14)12(15)16/h4-7,11H,8,14H2,1-3H3,(H,15,16). The molecule has 4 nitrogen and oxygen atoms in total. The maximum absolute atomic E-state index is 10.6. The third kappa shape index (κ3) is 3.54. The molecule has 94 valence electrons. The second-order valence-corrected chi connectivity index (χ2v) is 4.56. The number of nitrogens with two attached hydrogens (primary N) is 1. The Morgan fingerprint density at radius 1 is 1.41 bits per heavy atom. The molecule has 0 fully saturated rings. The molecule has 1 atom stereocenters. The molecule has 0 amide bonds. The van der Waals surface area contributed by atoms with Crippen LogP contribution in [-0.2, 0) is 21.6 Å². The third-order valence-electron chi connectivity index (χ3n) is 2.93. The number of ether oxygens (including phenoxy) is 1. The number of hydrogen-bond donors (Lipinski definition) is 2. The molecule has 0 aliphatic carbocycles. The van der Waals surface area contributed by atoms with Crippen LogP contribution in [0.2, 0.25) is 0 Å². The minimum Gasteiger partial charge on any atom is -0.480 e. The average Bonchev–Trinajstić information content (AvgIpc) is 2.29. The summed E-state index contributed by atoms with van der Waals surface area (Å²) in [5.41, 5.74) is 7.10. The maximum Gasteiger partial charge on any atom is 0.320 e. The van der Waals surface area contributed by atoms with Crippen molar-refractivity contribution < 1.29 is 14.6 Å². The topological polar surface area (TPSA) is 72.5 Å². The lowest BCUT2D eigenvalue weighted by atomic mass is 9.95. The second kappa shape index (κ2) is 5.29. The molecule has 0 aliphatic heterocycles. The number of carbonyl (C=O) groups is 1. The lowest BCUT2D eigenvalue weighted by molar-refractivity contribution is -0.138. The van der Waals surface area contributed by atoms with Gasteiger partial charge >= 0.3 is 5.97 Å². The summed E-state index contributed by atoms with van der Waals surface area (Å²) in [6, 6.07) is 6.80. The van der Waals surface area contributed by atoms with Crippen molar-refractivity contribution in [3.05, 3.63) is 35.4 Å². The molecule has 17 heavy (non-hydrogen) atoms. The second-order valence-electron chi connectivity index (χ2n) is 4.56. The van der Waals surface area contributed by atoms with Crippen LogP contribution in [0.3, 0.4) is 0 Å². The first-order chi connectivity index (χ1) is 7.86. The summed E-state index contributed by atoms with van der Waals surface area (Å²) in [7, 11) is 1.66. The highest BCUT2D eigenvalue weighted by Gasteiger charge is 2.19. The molecule has 0 spiro atoms. The fourth-order valence-corrected chi connectivity index (χ4v) is 1.50. The van der Waals surface area contributed by atoms with Gasteiger partial charge in [-0.2, -0.15) is 0 Å². The number of benzene rings is 1. The van der Waals surface area contributed by atoms with E-state index in [9.17, 15) is 4.79 Å². The Morgan fingerprint density at radius 3 is 2.35 bits per heavy atom. The molecule has 0 aromatic heterocycles. The zero-order valence-corrected chi connectivity index (χ0v) is 10.4. The smallest absolute Gasteiger partial charge is 0.320 e. The van der Waals surface area contributed by atoms with Crippen LogP contribution in [-0.4, -0.2) is 24.2 Å². The van der Waals surface area contributed by atoms with Gasteiger partial charge in [-0.3, -0.25) is 4.79 Å². The minimum atomic E-state index is -0.980. The van der Waals surface area contributed by atoms with Gasteiger partial charge in [0.2, 0.25) is 0 Å². The number of rotatable bonds is 5. The monoisotopic (exact) mass is 237 g/mol. The van der Waals surface area contributed by atoms with Gasteiger partial charge in [-0.1, -0.05) is 24.3 Å². The number of hydrogen-bond acceptors (Lipinski definition) is 3. The summed E-state index contributed by atoms with van der Waals surface area (Å²) in [5.74, 6) is -0.980. The SMILES string of the molecule is COC(C)(C)c1ccc(CC(N)C(=O)O)cc1. The first-order valence-electron chi connectivity index (χ1n) is 5.50. The highest BCUT2D eigenvalue weighted by atomic mass is 16.5. The van der Waals surface area contributed by atoms with Crippen LogP contribution >= 0.6 is 0 Å². The van der Waals surface area contributed by atoms with Gasteiger partial charge in [0, 0.05) is 7.11 Å². The quantitative estimate of drug-likeness (QED) is 0.814. The molecule has 0 heterocycles. The van der Waals surface area contributed by atoms with Crippen molar-refractivity contribution in [3.63, 3.8) is 0 Å². The normalized spacial score (nSPS) is 13.4. The van der Waals surface area contributed by atoms with E-state index in [0.717, 1.165) is 11.1 Å². The zero-order valence-electron chi connectivity index (χ0n) is 10.4. The van der Waals surface area contributed by atoms with Gasteiger partial charge in [-0.15, -0.1) is 0 Å². The number of carboxylic acids is 1. The van der Waals surface area contributed by atoms with Crippen LogP contribution in [0.4, 0.5) is 0 Å². The summed E-state index contributed by atoms with van der Waals surface area (Å²) in [5, 5.41) is 8.72. The largest absolute Gasteiger partial charge is 0.480 e. The lowest BCUT2D eigenvalue weighted by Crippen LogP contribution is -2.32. The maximum atomic E-state index is 10.6. The van der Waals surface area contributed by atoms with Gasteiger partial charge in [0.1, 0.15) is 6.04 Å². The Morgan fingerprint density at radius 2 is 1.94 bits per heavy atom. The third-order valence-corrected chi connectivity index (χ3v) is 2.93. The van der Waals surface area contributed by atoms with E-state index in [0.29, 0.717) is 6.42 Å². The number of methoxy groups -OCH3 is 1. The average molecular weight is 237 g/mol. The highest BCUT2D eigenvalue weighted by Crippen LogP contribution is 2.23. The predicted molar refractivity (Wildman–Crippen MR) is 65.8 cm³/mol. The lowest BCUT2D eigenvalue weighted by Gasteiger charge is -2.23. The highest BCUT2D eigenvalue weighted by molar-refractivity contribution is 5.73. The molecule has 0 bridgehead atoms. The van der Waals surface area contributed by atoms with Crippen molar-refractivity contribution in [2.24, 2.45) is 5.73 Å². The van der Waals surface area contributed by atoms with Gasteiger partial charge < -0.3 is 15.6 Å². The molecule has 0 aliphatic rings. The number of aliphatic carboxylic acids is 1. The molecule has 4 heteroatoms. The van der Waals surface area contributed by atoms with Gasteiger partial charge in [0.15, 0.2) is 0 Å². The van der Waals surface area contributed by atoms with E-state index < -0.39 is 12.0 Å². The van der Waals surface area contributed by atoms with Crippen molar-refractivity contribution in [1.29, 1.82) is 0 Å². The molecule has 1 aromatic rings. The van der Waals surface area contributed by atoms with Crippen molar-refractivity contribution >= 4 is 5.97 Å². The van der Waals surface area contributed by atoms with Crippen molar-refractivity contribution in [2.75, 3.05) is 7.11 Å². The molecule has 1 aromatic carbocycles. The predicted octanol–water partition coefficient (Wildman–Crippen LogP) is 1.52. The van der Waals surface area contributed by atoms with Gasteiger partial charge in [-0.25, -0.2) is 0 Å². The van der Waals surface area contributed by atoms with Gasteiger partial charge in [-0.05, 0) is 31.4 Å². The van der Waals surface area contributed by atoms with Gasteiger partial charge in [0.25, 0.3) is 0 Å². The van der Waals surface area contributed by atoms with E-state index in [1.54, 1.807) is 7.11 Å². The molecule has 1 rings (SSSR count). The van der Waals surface area contributed by atoms with Crippen LogP contribution in [0.25, 0.3) is 0 Å². The molecule has 0 saturated carbocycles. The van der Waals surface area contributed by atoms with Crippen LogP contribution in [0.15, 0.2) is 24.3 Å². The molecule has 3 N–H and O–H groups in total. The zero-order chi connectivity index (χ0) is 13.1. The van der Waals surface area contributed by atoms with Crippen molar-refractivity contribution in [2.45, 2.75) is 31.9 Å². The van der Waals surface area contributed by atoms with E-state index in [4.69, 9.17) is 15.6 Å². The van der Waals surface area contributed by atoms with E-state index in [1.807, 2.05) is 38.1 Å². The fourth-order valence-electron chi connectivity index (χ4n) is 1.50. The fraction of sp³-hybridized carbons (Fsp3) is 0.462. The number of carboxylic acid groups (broad SMARTS) is 1. The molecular weight excluding hydrogens is 218 g/mol. The summed E-state index contributed by atoms with van der Waals surface area (Å²) >= 11 is 0. The van der Waals surface area contributed by atoms with Crippen molar-refractivity contribution in [1.82, 2.24) is 0 Å². The summed E-state index contributed by atoms with van der Waals surface area (Å²) in [4.78, 5) is 10.6. The van der Waals surface area contributed by atoms with Crippen LogP contribution in [0.5, 0.6) is 0 Å². The van der Waals surface area contributed by atoms with E-state index in [-0.39, 0.29) is 5.60 Å². The molecule has 0 radical (unpaired) electrons. The minimum absolute atomic E-state index is 0.336.